The van der Waals surface area contributed by atoms with Gasteiger partial charge in [-0.1, -0.05) is 18.2 Å². The monoisotopic (exact) mass is 296 g/mol. The highest BCUT2D eigenvalue weighted by Crippen LogP contribution is 2.05. The van der Waals surface area contributed by atoms with Crippen molar-refractivity contribution in [1.29, 1.82) is 0 Å². The zero-order valence-corrected chi connectivity index (χ0v) is 13.4. The average Bonchev–Trinajstić information content (AvgIpc) is 3.16. The summed E-state index contributed by atoms with van der Waals surface area (Å²) in [5, 5.41) is 0. The van der Waals surface area contributed by atoms with Crippen LogP contribution in [0.2, 0.25) is 0 Å². The van der Waals surface area contributed by atoms with Gasteiger partial charge in [-0.05, 0) is 31.0 Å². The fraction of sp³-hybridized carbons (Fsp3) is 0.333. The molecule has 0 N–H and O–H groups in total. The maximum Gasteiger partial charge on any atom is 0.244 e. The van der Waals surface area contributed by atoms with E-state index in [1.165, 1.54) is 11.1 Å². The molecule has 0 aliphatic carbocycles. The molecule has 0 aliphatic rings. The van der Waals surface area contributed by atoms with Crippen molar-refractivity contribution in [1.82, 2.24) is 9.13 Å². The second-order valence-corrected chi connectivity index (χ2v) is 5.65. The molecule has 0 radical (unpaired) electrons. The van der Waals surface area contributed by atoms with Crippen molar-refractivity contribution < 1.29 is 9.13 Å². The second-order valence-electron chi connectivity index (χ2n) is 5.65. The molecular weight excluding hydrogens is 272 g/mol. The Hall–Kier alpha value is -2.36. The van der Waals surface area contributed by atoms with Gasteiger partial charge in [0.2, 0.25) is 12.7 Å². The molecule has 0 fully saturated rings. The van der Waals surface area contributed by atoms with Crippen molar-refractivity contribution in [3.05, 3.63) is 72.8 Å². The summed E-state index contributed by atoms with van der Waals surface area (Å²) >= 11 is 0. The van der Waals surface area contributed by atoms with E-state index in [0.29, 0.717) is 0 Å². The molecule has 3 aromatic rings. The van der Waals surface area contributed by atoms with Gasteiger partial charge in [-0.15, -0.1) is 0 Å². The van der Waals surface area contributed by atoms with E-state index in [9.17, 15) is 0 Å². The lowest BCUT2D eigenvalue weighted by molar-refractivity contribution is -0.688. The fourth-order valence-electron chi connectivity index (χ4n) is 2.69. The second kappa shape index (κ2) is 6.60. The van der Waals surface area contributed by atoms with E-state index < -0.39 is 0 Å². The Kier molecular flexibility index (Phi) is 4.37. The van der Waals surface area contributed by atoms with Crippen LogP contribution < -0.4 is 9.13 Å². The molecule has 2 heterocycles. The van der Waals surface area contributed by atoms with E-state index in [0.717, 1.165) is 26.2 Å². The van der Waals surface area contributed by atoms with Crippen molar-refractivity contribution in [3.8, 4) is 0 Å². The molecule has 0 spiro atoms. The van der Waals surface area contributed by atoms with Crippen LogP contribution in [-0.4, -0.2) is 9.13 Å². The zero-order valence-electron chi connectivity index (χ0n) is 13.4. The summed E-state index contributed by atoms with van der Waals surface area (Å²) in [5.74, 6) is 0. The first-order valence-corrected chi connectivity index (χ1v) is 7.94. The SMILES string of the molecule is CCn1cc[n+](Cc2cccc(C[n+]3ccn(CC)c3)c2)c1. The Morgan fingerprint density at radius 3 is 1.73 bits per heavy atom. The van der Waals surface area contributed by atoms with E-state index in [2.05, 4.69) is 93.8 Å². The van der Waals surface area contributed by atoms with Crippen LogP contribution in [0.15, 0.2) is 61.7 Å². The van der Waals surface area contributed by atoms with Crippen molar-refractivity contribution >= 4 is 0 Å². The van der Waals surface area contributed by atoms with E-state index >= 15 is 0 Å². The molecule has 0 unspecified atom stereocenters. The normalized spacial score (nSPS) is 11.0. The third-order valence-corrected chi connectivity index (χ3v) is 3.94. The summed E-state index contributed by atoms with van der Waals surface area (Å²) < 4.78 is 8.83. The Morgan fingerprint density at radius 1 is 0.818 bits per heavy atom. The fourth-order valence-corrected chi connectivity index (χ4v) is 2.69. The topological polar surface area (TPSA) is 17.6 Å². The molecule has 114 valence electrons. The highest BCUT2D eigenvalue weighted by Gasteiger charge is 2.06. The highest BCUT2D eigenvalue weighted by molar-refractivity contribution is 5.22. The number of hydrogen-bond acceptors (Lipinski definition) is 0. The van der Waals surface area contributed by atoms with Gasteiger partial charge in [-0.25, -0.2) is 18.3 Å². The predicted molar refractivity (Wildman–Crippen MR) is 85.2 cm³/mol. The maximum atomic E-state index is 2.30. The van der Waals surface area contributed by atoms with Crippen LogP contribution in [0, 0.1) is 0 Å². The number of aromatic nitrogens is 4. The predicted octanol–water partition coefficient (Wildman–Crippen LogP) is 2.00. The maximum absolute atomic E-state index is 2.30. The number of benzene rings is 1. The standard InChI is InChI=1S/C18H24N4/c1-3-19-8-10-21(15-19)13-17-6-5-7-18(12-17)14-22-11-9-20(4-2)16-22/h5-12,15-16H,3-4,13-14H2,1-2H3/q+2. The minimum absolute atomic E-state index is 0.918. The number of imidazole rings is 2. The summed E-state index contributed by atoms with van der Waals surface area (Å²) in [4.78, 5) is 0. The van der Waals surface area contributed by atoms with Crippen LogP contribution in [0.3, 0.4) is 0 Å². The molecule has 2 aromatic heterocycles. The largest absolute Gasteiger partial charge is 0.244 e. The quantitative estimate of drug-likeness (QED) is 0.619. The number of aryl methyl sites for hydroxylation is 2. The molecule has 4 nitrogen and oxygen atoms in total. The van der Waals surface area contributed by atoms with Crippen LogP contribution in [0.4, 0.5) is 0 Å². The Morgan fingerprint density at radius 2 is 1.32 bits per heavy atom. The van der Waals surface area contributed by atoms with Gasteiger partial charge >= 0.3 is 0 Å². The van der Waals surface area contributed by atoms with Crippen LogP contribution in [-0.2, 0) is 26.2 Å². The van der Waals surface area contributed by atoms with Gasteiger partial charge in [0.25, 0.3) is 0 Å². The lowest BCUT2D eigenvalue weighted by Crippen LogP contribution is -2.33. The first kappa shape index (κ1) is 14.6. The Bertz CT molecular complexity index is 679. The lowest BCUT2D eigenvalue weighted by Gasteiger charge is -2.02. The molecule has 0 amide bonds. The summed E-state index contributed by atoms with van der Waals surface area (Å²) in [6.45, 7) is 8.17. The smallest absolute Gasteiger partial charge is 0.237 e. The third kappa shape index (κ3) is 3.45. The summed E-state index contributed by atoms with van der Waals surface area (Å²) in [5.41, 5.74) is 2.68. The number of rotatable bonds is 6. The highest BCUT2D eigenvalue weighted by atomic mass is 15.1. The van der Waals surface area contributed by atoms with E-state index in [-0.39, 0.29) is 0 Å². The molecule has 0 aliphatic heterocycles. The molecule has 22 heavy (non-hydrogen) atoms. The van der Waals surface area contributed by atoms with Crippen LogP contribution in [0.25, 0.3) is 0 Å². The molecule has 3 rings (SSSR count). The van der Waals surface area contributed by atoms with Gasteiger partial charge in [0.1, 0.15) is 37.9 Å². The first-order chi connectivity index (χ1) is 10.8. The zero-order chi connectivity index (χ0) is 15.4. The Labute approximate surface area is 131 Å². The van der Waals surface area contributed by atoms with E-state index in [1.807, 2.05) is 0 Å². The summed E-state index contributed by atoms with van der Waals surface area (Å²) in [7, 11) is 0. The number of hydrogen-bond donors (Lipinski definition) is 0. The molecule has 1 aromatic carbocycles. The van der Waals surface area contributed by atoms with Gasteiger partial charge < -0.3 is 0 Å². The first-order valence-electron chi connectivity index (χ1n) is 7.94. The van der Waals surface area contributed by atoms with Gasteiger partial charge in [-0.3, -0.25) is 0 Å². The molecule has 0 saturated carbocycles. The molecule has 0 saturated heterocycles. The van der Waals surface area contributed by atoms with E-state index in [4.69, 9.17) is 0 Å². The average molecular weight is 296 g/mol. The van der Waals surface area contributed by atoms with E-state index in [1.54, 1.807) is 0 Å². The van der Waals surface area contributed by atoms with Crippen molar-refractivity contribution in [2.24, 2.45) is 0 Å². The molecule has 4 heteroatoms. The summed E-state index contributed by atoms with van der Waals surface area (Å²) in [6, 6.07) is 8.84. The lowest BCUT2D eigenvalue weighted by atomic mass is 10.1. The van der Waals surface area contributed by atoms with Gasteiger partial charge in [-0.2, -0.15) is 0 Å². The van der Waals surface area contributed by atoms with Crippen molar-refractivity contribution in [3.63, 3.8) is 0 Å². The Balaban J connectivity index is 1.71. The molecular formula is C18H24N4+2. The van der Waals surface area contributed by atoms with Gasteiger partial charge in [0, 0.05) is 0 Å². The molecule has 0 atom stereocenters. The number of nitrogens with zero attached hydrogens (tertiary/aromatic N) is 4. The van der Waals surface area contributed by atoms with Gasteiger partial charge in [0.15, 0.2) is 0 Å². The van der Waals surface area contributed by atoms with Gasteiger partial charge in [0.05, 0.1) is 13.1 Å². The van der Waals surface area contributed by atoms with Crippen LogP contribution >= 0.6 is 0 Å². The van der Waals surface area contributed by atoms with Crippen LogP contribution in [0.5, 0.6) is 0 Å². The van der Waals surface area contributed by atoms with Crippen molar-refractivity contribution in [2.45, 2.75) is 40.0 Å². The summed E-state index contributed by atoms with van der Waals surface area (Å²) in [6.07, 6.45) is 12.8. The minimum atomic E-state index is 0.918. The third-order valence-electron chi connectivity index (χ3n) is 3.94. The molecule has 0 bridgehead atoms. The van der Waals surface area contributed by atoms with Crippen LogP contribution in [0.1, 0.15) is 25.0 Å². The van der Waals surface area contributed by atoms with Crippen molar-refractivity contribution in [2.75, 3.05) is 0 Å². The minimum Gasteiger partial charge on any atom is -0.237 e.